The molecule has 0 aliphatic carbocycles. The van der Waals surface area contributed by atoms with E-state index in [0.29, 0.717) is 0 Å². The molecule has 0 spiro atoms. The quantitative estimate of drug-likeness (QED) is 0.186. The highest BCUT2D eigenvalue weighted by Gasteiger charge is 2.43. The molecule has 33 heavy (non-hydrogen) atoms. The lowest BCUT2D eigenvalue weighted by atomic mass is 9.87. The van der Waals surface area contributed by atoms with Crippen LogP contribution in [-0.2, 0) is 38.1 Å². The molecule has 5 atom stereocenters. The number of carbonyl (C=O) groups is 4. The third kappa shape index (κ3) is 11.2. The third-order valence-corrected chi connectivity index (χ3v) is 4.12. The molecule has 0 aromatic heterocycles. The van der Waals surface area contributed by atoms with Crippen LogP contribution in [-0.4, -0.2) is 61.8 Å². The highest BCUT2D eigenvalue weighted by molar-refractivity contribution is 5.86. The molecular formula is C21H34N4O8. The topological polar surface area (TPSA) is 166 Å². The van der Waals surface area contributed by atoms with Gasteiger partial charge in [0.2, 0.25) is 11.7 Å². The molecule has 0 aromatic rings. The van der Waals surface area contributed by atoms with E-state index in [1.54, 1.807) is 6.92 Å². The lowest BCUT2D eigenvalue weighted by Crippen LogP contribution is -2.57. The summed E-state index contributed by atoms with van der Waals surface area (Å²) in [6.07, 6.45) is -0.697. The van der Waals surface area contributed by atoms with Gasteiger partial charge in [-0.2, -0.15) is 0 Å². The zero-order valence-corrected chi connectivity index (χ0v) is 20.4. The zero-order chi connectivity index (χ0) is 25.7. The predicted molar refractivity (Wildman–Crippen MR) is 117 cm³/mol. The minimum absolute atomic E-state index is 0.225. The van der Waals surface area contributed by atoms with Crippen LogP contribution in [0.1, 0.15) is 48.5 Å². The van der Waals surface area contributed by atoms with Crippen LogP contribution in [0.2, 0.25) is 0 Å². The Labute approximate surface area is 193 Å². The van der Waals surface area contributed by atoms with E-state index in [1.807, 2.05) is 0 Å². The SMILES string of the molecule is CC(C)C.COC(=O)C1=C[C@H](N=[N+]=[N-])[C@@H](NC(C)=O)[C@H]([C@H](C)[C@@H](COC(C)=O)OC(C)=O)O1. The number of esters is 3. The molecule has 12 nitrogen and oxygen atoms in total. The van der Waals surface area contributed by atoms with Gasteiger partial charge in [0, 0.05) is 31.6 Å². The van der Waals surface area contributed by atoms with Crippen LogP contribution < -0.4 is 5.32 Å². The Morgan fingerprint density at radius 2 is 1.73 bits per heavy atom. The zero-order valence-electron chi connectivity index (χ0n) is 20.4. The molecular weight excluding hydrogens is 436 g/mol. The van der Waals surface area contributed by atoms with Crippen molar-refractivity contribution in [3.63, 3.8) is 0 Å². The summed E-state index contributed by atoms with van der Waals surface area (Å²) in [6, 6.07) is -1.87. The second-order valence-electron chi connectivity index (χ2n) is 8.07. The largest absolute Gasteiger partial charge is 0.481 e. The molecule has 12 heteroatoms. The molecule has 0 fully saturated rings. The number of carbonyl (C=O) groups excluding carboxylic acids is 4. The molecule has 1 heterocycles. The van der Waals surface area contributed by atoms with E-state index in [9.17, 15) is 19.2 Å². The first-order valence-electron chi connectivity index (χ1n) is 10.4. The fourth-order valence-electron chi connectivity index (χ4n) is 2.85. The van der Waals surface area contributed by atoms with Gasteiger partial charge in [0.15, 0.2) is 0 Å². The van der Waals surface area contributed by atoms with E-state index in [0.717, 1.165) is 13.0 Å². The number of nitrogens with zero attached hydrogens (tertiary/aromatic N) is 3. The second-order valence-corrected chi connectivity index (χ2v) is 8.07. The average molecular weight is 471 g/mol. The predicted octanol–water partition coefficient (Wildman–Crippen LogP) is 2.42. The maximum absolute atomic E-state index is 12.0. The first-order valence-corrected chi connectivity index (χ1v) is 10.4. The maximum Gasteiger partial charge on any atom is 0.372 e. The number of methoxy groups -OCH3 is 1. The number of hydrogen-bond acceptors (Lipinski definition) is 9. The van der Waals surface area contributed by atoms with Crippen LogP contribution in [0.4, 0.5) is 0 Å². The van der Waals surface area contributed by atoms with Crippen LogP contribution in [0.3, 0.4) is 0 Å². The third-order valence-electron chi connectivity index (χ3n) is 4.12. The Morgan fingerprint density at radius 1 is 1.15 bits per heavy atom. The number of ether oxygens (including phenoxy) is 4. The molecule has 0 saturated heterocycles. The van der Waals surface area contributed by atoms with Crippen LogP contribution in [0.15, 0.2) is 16.9 Å². The molecule has 0 radical (unpaired) electrons. The van der Waals surface area contributed by atoms with Gasteiger partial charge in [-0.3, -0.25) is 14.4 Å². The second kappa shape index (κ2) is 14.7. The summed E-state index contributed by atoms with van der Waals surface area (Å²) in [5.74, 6) is -2.55. The molecule has 0 bridgehead atoms. The minimum atomic E-state index is -0.981. The normalized spacial score (nSPS) is 20.9. The Bertz CT molecular complexity index is 773. The molecule has 1 rings (SSSR count). The standard InChI is InChI=1S/C17H24N4O8.C4H10/c1-8(14(28-11(4)24)7-27-10(3)23)16-15(19-9(2)22)12(20-21-18)6-13(29-16)17(25)26-5;1-4(2)3/h6,8,12,14-16H,7H2,1-5H3,(H,19,22);4H,1-3H3/t8-,12+,14-,15-,16+;/m1./s1. The van der Waals surface area contributed by atoms with Gasteiger partial charge < -0.3 is 24.3 Å². The van der Waals surface area contributed by atoms with E-state index in [1.165, 1.54) is 26.8 Å². The fourth-order valence-corrected chi connectivity index (χ4v) is 2.85. The van der Waals surface area contributed by atoms with Crippen molar-refractivity contribution in [3.05, 3.63) is 22.3 Å². The van der Waals surface area contributed by atoms with Crippen LogP contribution in [0.5, 0.6) is 0 Å². The summed E-state index contributed by atoms with van der Waals surface area (Å²) in [7, 11) is 1.15. The highest BCUT2D eigenvalue weighted by atomic mass is 16.6. The van der Waals surface area contributed by atoms with Crippen molar-refractivity contribution >= 4 is 23.8 Å². The van der Waals surface area contributed by atoms with Crippen LogP contribution in [0.25, 0.3) is 10.4 Å². The van der Waals surface area contributed by atoms with E-state index >= 15 is 0 Å². The van der Waals surface area contributed by atoms with Crippen LogP contribution in [0, 0.1) is 11.8 Å². The Kier molecular flexibility index (Phi) is 13.3. The fraction of sp³-hybridized carbons (Fsp3) is 0.714. The molecule has 186 valence electrons. The van der Waals surface area contributed by atoms with Crippen molar-refractivity contribution in [1.29, 1.82) is 0 Å². The Morgan fingerprint density at radius 3 is 2.15 bits per heavy atom. The van der Waals surface area contributed by atoms with E-state index in [-0.39, 0.29) is 12.4 Å². The maximum atomic E-state index is 12.0. The minimum Gasteiger partial charge on any atom is -0.481 e. The van der Waals surface area contributed by atoms with Gasteiger partial charge >= 0.3 is 17.9 Å². The lowest BCUT2D eigenvalue weighted by Gasteiger charge is -2.40. The molecule has 0 unspecified atom stereocenters. The van der Waals surface area contributed by atoms with Gasteiger partial charge in [0.25, 0.3) is 0 Å². The molecule has 1 N–H and O–H groups in total. The first kappa shape index (κ1) is 29.7. The van der Waals surface area contributed by atoms with Gasteiger partial charge in [-0.05, 0) is 17.5 Å². The van der Waals surface area contributed by atoms with E-state index < -0.39 is 54.0 Å². The summed E-state index contributed by atoms with van der Waals surface area (Å²) >= 11 is 0. The van der Waals surface area contributed by atoms with Crippen molar-refractivity contribution in [2.45, 2.75) is 72.8 Å². The molecule has 1 aliphatic rings. The van der Waals surface area contributed by atoms with Crippen molar-refractivity contribution in [2.75, 3.05) is 13.7 Å². The Hall–Kier alpha value is -3.27. The average Bonchev–Trinajstić information content (AvgIpc) is 2.70. The van der Waals surface area contributed by atoms with Gasteiger partial charge in [-0.15, -0.1) is 0 Å². The first-order chi connectivity index (χ1) is 15.3. The molecule has 0 aromatic carbocycles. The summed E-state index contributed by atoms with van der Waals surface area (Å²) in [5.41, 5.74) is 8.88. The van der Waals surface area contributed by atoms with Gasteiger partial charge in [0.05, 0.1) is 19.2 Å². The monoisotopic (exact) mass is 470 g/mol. The van der Waals surface area contributed by atoms with Gasteiger partial charge in [-0.25, -0.2) is 4.79 Å². The molecule has 0 saturated carbocycles. The number of hydrogen-bond donors (Lipinski definition) is 1. The summed E-state index contributed by atoms with van der Waals surface area (Å²) in [6.45, 7) is 11.5. The van der Waals surface area contributed by atoms with Crippen LogP contribution >= 0.6 is 0 Å². The van der Waals surface area contributed by atoms with E-state index in [4.69, 9.17) is 19.7 Å². The summed E-state index contributed by atoms with van der Waals surface area (Å²) in [5, 5.41) is 6.25. The number of nitrogens with one attached hydrogen (secondary N) is 1. The van der Waals surface area contributed by atoms with Crippen molar-refractivity contribution in [2.24, 2.45) is 17.0 Å². The van der Waals surface area contributed by atoms with Crippen molar-refractivity contribution in [3.8, 4) is 0 Å². The summed E-state index contributed by atoms with van der Waals surface area (Å²) < 4.78 is 20.6. The number of azide groups is 1. The number of rotatable bonds is 8. The van der Waals surface area contributed by atoms with Crippen molar-refractivity contribution < 1.29 is 38.1 Å². The van der Waals surface area contributed by atoms with Crippen molar-refractivity contribution in [1.82, 2.24) is 5.32 Å². The number of amides is 1. The molecule has 1 aliphatic heterocycles. The smallest absolute Gasteiger partial charge is 0.372 e. The summed E-state index contributed by atoms with van der Waals surface area (Å²) in [4.78, 5) is 49.1. The molecule has 1 amide bonds. The van der Waals surface area contributed by atoms with Gasteiger partial charge in [0.1, 0.15) is 18.8 Å². The highest BCUT2D eigenvalue weighted by Crippen LogP contribution is 2.29. The lowest BCUT2D eigenvalue weighted by molar-refractivity contribution is -0.165. The van der Waals surface area contributed by atoms with Gasteiger partial charge in [-0.1, -0.05) is 32.8 Å². The van der Waals surface area contributed by atoms with E-state index in [2.05, 4.69) is 40.9 Å². The Balaban J connectivity index is 0.00000235.